The van der Waals surface area contributed by atoms with Crippen LogP contribution >= 0.6 is 0 Å². The zero-order valence-corrected chi connectivity index (χ0v) is 15.9. The van der Waals surface area contributed by atoms with Gasteiger partial charge >= 0.3 is 11.9 Å². The van der Waals surface area contributed by atoms with Gasteiger partial charge in [-0.2, -0.15) is 0 Å². The minimum atomic E-state index is -0.399. The first-order valence-corrected chi connectivity index (χ1v) is 9.01. The molecule has 0 aliphatic rings. The van der Waals surface area contributed by atoms with E-state index >= 15 is 0 Å². The Labute approximate surface area is 165 Å². The van der Waals surface area contributed by atoms with E-state index in [-0.39, 0.29) is 5.97 Å². The van der Waals surface area contributed by atoms with Crippen LogP contribution in [0.3, 0.4) is 0 Å². The van der Waals surface area contributed by atoms with Crippen LogP contribution in [0.1, 0.15) is 34.3 Å². The molecule has 28 heavy (non-hydrogen) atoms. The summed E-state index contributed by atoms with van der Waals surface area (Å²) < 4.78 is 15.3. The van der Waals surface area contributed by atoms with Gasteiger partial charge in [-0.15, -0.1) is 0 Å². The molecular weight excluding hydrogens is 356 g/mol. The molecule has 5 heteroatoms. The van der Waals surface area contributed by atoms with Gasteiger partial charge in [0.15, 0.2) is 0 Å². The summed E-state index contributed by atoms with van der Waals surface area (Å²) in [6.07, 6.45) is 6.67. The zero-order chi connectivity index (χ0) is 20.2. The van der Waals surface area contributed by atoms with Crippen LogP contribution in [-0.4, -0.2) is 32.3 Å². The van der Waals surface area contributed by atoms with E-state index in [0.29, 0.717) is 18.8 Å². The molecule has 0 aromatic heterocycles. The predicted octanol–water partition coefficient (Wildman–Crippen LogP) is 4.53. The Hall–Kier alpha value is -3.34. The Morgan fingerprint density at radius 3 is 2.04 bits per heavy atom. The average molecular weight is 380 g/mol. The van der Waals surface area contributed by atoms with Gasteiger partial charge < -0.3 is 14.2 Å². The largest absolute Gasteiger partial charge is 0.494 e. The molecule has 2 aromatic rings. The van der Waals surface area contributed by atoms with E-state index in [1.807, 2.05) is 48.6 Å². The lowest BCUT2D eigenvalue weighted by atomic mass is 10.1. The molecule has 0 radical (unpaired) electrons. The molecule has 0 aliphatic carbocycles. The van der Waals surface area contributed by atoms with E-state index in [0.717, 1.165) is 35.8 Å². The summed E-state index contributed by atoms with van der Waals surface area (Å²) in [5.41, 5.74) is 2.56. The minimum Gasteiger partial charge on any atom is -0.494 e. The average Bonchev–Trinajstić information content (AvgIpc) is 2.75. The topological polar surface area (TPSA) is 61.8 Å². The second-order valence-corrected chi connectivity index (χ2v) is 5.94. The number of methoxy groups -OCH3 is 1. The van der Waals surface area contributed by atoms with Crippen LogP contribution in [0.15, 0.2) is 61.2 Å². The minimum absolute atomic E-state index is 0.344. The molecule has 0 bridgehead atoms. The molecule has 0 unspecified atom stereocenters. The first-order chi connectivity index (χ1) is 13.6. The first-order valence-electron chi connectivity index (χ1n) is 9.01. The smallest absolute Gasteiger partial charge is 0.337 e. The fourth-order valence-corrected chi connectivity index (χ4v) is 2.34. The van der Waals surface area contributed by atoms with Gasteiger partial charge in [-0.25, -0.2) is 9.59 Å². The highest BCUT2D eigenvalue weighted by molar-refractivity contribution is 5.89. The molecule has 2 aromatic carbocycles. The van der Waals surface area contributed by atoms with Crippen LogP contribution in [0.5, 0.6) is 5.75 Å². The maximum atomic E-state index is 11.4. The number of hydrogen-bond acceptors (Lipinski definition) is 5. The second kappa shape index (κ2) is 11.4. The van der Waals surface area contributed by atoms with Crippen LogP contribution < -0.4 is 4.74 Å². The van der Waals surface area contributed by atoms with Crippen molar-refractivity contribution in [2.24, 2.45) is 0 Å². The quantitative estimate of drug-likeness (QED) is 0.262. The van der Waals surface area contributed by atoms with Crippen LogP contribution in [0.2, 0.25) is 0 Å². The van der Waals surface area contributed by atoms with Gasteiger partial charge in [0, 0.05) is 6.08 Å². The number of esters is 2. The van der Waals surface area contributed by atoms with Crippen molar-refractivity contribution in [2.45, 2.75) is 12.8 Å². The van der Waals surface area contributed by atoms with Gasteiger partial charge in [-0.3, -0.25) is 0 Å². The van der Waals surface area contributed by atoms with Crippen LogP contribution in [0.4, 0.5) is 0 Å². The molecule has 0 N–H and O–H groups in total. The SMILES string of the molecule is C=CC(=O)OCCCCOc1ccc(C=Cc2ccc(C(=O)OC)cc2)cc1. The van der Waals surface area contributed by atoms with Crippen molar-refractivity contribution in [1.29, 1.82) is 0 Å². The lowest BCUT2D eigenvalue weighted by Gasteiger charge is -2.06. The van der Waals surface area contributed by atoms with Gasteiger partial charge in [0.1, 0.15) is 5.75 Å². The van der Waals surface area contributed by atoms with E-state index in [4.69, 9.17) is 9.47 Å². The van der Waals surface area contributed by atoms with Crippen LogP contribution in [0.25, 0.3) is 12.2 Å². The maximum Gasteiger partial charge on any atom is 0.337 e. The maximum absolute atomic E-state index is 11.4. The monoisotopic (exact) mass is 380 g/mol. The summed E-state index contributed by atoms with van der Waals surface area (Å²) in [4.78, 5) is 22.3. The standard InChI is InChI=1S/C23H24O5/c1-3-22(24)28-17-5-4-16-27-21-14-10-19(11-15-21)7-6-18-8-12-20(13-9-18)23(25)26-2/h3,6-15H,1,4-5,16-17H2,2H3. The Morgan fingerprint density at radius 2 is 1.46 bits per heavy atom. The van der Waals surface area contributed by atoms with Crippen molar-refractivity contribution < 1.29 is 23.8 Å². The fourth-order valence-electron chi connectivity index (χ4n) is 2.34. The fraction of sp³-hybridized carbons (Fsp3) is 0.217. The van der Waals surface area contributed by atoms with E-state index in [1.165, 1.54) is 7.11 Å². The summed E-state index contributed by atoms with van der Waals surface area (Å²) in [6.45, 7) is 4.28. The summed E-state index contributed by atoms with van der Waals surface area (Å²) in [7, 11) is 1.37. The first kappa shape index (κ1) is 21.0. The van der Waals surface area contributed by atoms with E-state index in [2.05, 4.69) is 11.3 Å². The van der Waals surface area contributed by atoms with E-state index < -0.39 is 5.97 Å². The van der Waals surface area contributed by atoms with E-state index in [1.54, 1.807) is 12.1 Å². The third-order valence-corrected chi connectivity index (χ3v) is 3.90. The lowest BCUT2D eigenvalue weighted by molar-refractivity contribution is -0.137. The molecule has 146 valence electrons. The molecule has 0 fully saturated rings. The zero-order valence-electron chi connectivity index (χ0n) is 15.9. The highest BCUT2D eigenvalue weighted by atomic mass is 16.5. The molecule has 0 aliphatic heterocycles. The molecule has 0 heterocycles. The summed E-state index contributed by atoms with van der Waals surface area (Å²) in [6, 6.07) is 15.0. The number of rotatable bonds is 10. The highest BCUT2D eigenvalue weighted by Gasteiger charge is 2.03. The van der Waals surface area contributed by atoms with Crippen molar-refractivity contribution >= 4 is 24.1 Å². The molecule has 0 saturated carbocycles. The molecular formula is C23H24O5. The van der Waals surface area contributed by atoms with Crippen LogP contribution in [-0.2, 0) is 14.3 Å². The van der Waals surface area contributed by atoms with Crippen molar-refractivity contribution in [2.75, 3.05) is 20.3 Å². The van der Waals surface area contributed by atoms with E-state index in [9.17, 15) is 9.59 Å². The summed E-state index contributed by atoms with van der Waals surface area (Å²) in [5.74, 6) is 0.0514. The number of benzene rings is 2. The number of ether oxygens (including phenoxy) is 3. The molecule has 0 atom stereocenters. The number of unbranched alkanes of at least 4 members (excludes halogenated alkanes) is 1. The van der Waals surface area contributed by atoms with Gasteiger partial charge in [-0.1, -0.05) is 43.0 Å². The molecule has 0 saturated heterocycles. The van der Waals surface area contributed by atoms with Gasteiger partial charge in [0.2, 0.25) is 0 Å². The van der Waals surface area contributed by atoms with Crippen molar-refractivity contribution in [3.05, 3.63) is 77.9 Å². The number of carbonyl (C=O) groups excluding carboxylic acids is 2. The van der Waals surface area contributed by atoms with Crippen molar-refractivity contribution in [1.82, 2.24) is 0 Å². The number of carbonyl (C=O) groups is 2. The normalized spacial score (nSPS) is 10.5. The second-order valence-electron chi connectivity index (χ2n) is 5.94. The summed E-state index contributed by atoms with van der Waals surface area (Å²) in [5, 5.41) is 0. The third kappa shape index (κ3) is 7.11. The van der Waals surface area contributed by atoms with Gasteiger partial charge in [0.25, 0.3) is 0 Å². The predicted molar refractivity (Wildman–Crippen MR) is 109 cm³/mol. The Balaban J connectivity index is 1.76. The highest BCUT2D eigenvalue weighted by Crippen LogP contribution is 2.15. The summed E-state index contributed by atoms with van der Waals surface area (Å²) >= 11 is 0. The molecule has 0 amide bonds. The van der Waals surface area contributed by atoms with Crippen LogP contribution in [0, 0.1) is 0 Å². The number of hydrogen-bond donors (Lipinski definition) is 0. The van der Waals surface area contributed by atoms with Gasteiger partial charge in [-0.05, 0) is 48.2 Å². The lowest BCUT2D eigenvalue weighted by Crippen LogP contribution is -2.04. The molecule has 0 spiro atoms. The third-order valence-electron chi connectivity index (χ3n) is 3.90. The molecule has 2 rings (SSSR count). The van der Waals surface area contributed by atoms with Crippen molar-refractivity contribution in [3.63, 3.8) is 0 Å². The van der Waals surface area contributed by atoms with Gasteiger partial charge in [0.05, 0.1) is 25.9 Å². The molecule has 5 nitrogen and oxygen atoms in total. The Kier molecular flexibility index (Phi) is 8.53. The van der Waals surface area contributed by atoms with Crippen molar-refractivity contribution in [3.8, 4) is 5.75 Å². The Bertz CT molecular complexity index is 804. The Morgan fingerprint density at radius 1 is 0.893 bits per heavy atom.